The third-order valence-electron chi connectivity index (χ3n) is 7.29. The molecule has 0 fully saturated rings. The first-order valence-corrected chi connectivity index (χ1v) is 13.0. The minimum atomic E-state index is -1.24. The zero-order valence-corrected chi connectivity index (χ0v) is 22.2. The van der Waals surface area contributed by atoms with Crippen LogP contribution in [0.3, 0.4) is 0 Å². The number of hydrogen-bond donors (Lipinski definition) is 1. The lowest BCUT2D eigenvalue weighted by atomic mass is 9.70. The van der Waals surface area contributed by atoms with Gasteiger partial charge in [0.05, 0.1) is 7.11 Å². The summed E-state index contributed by atoms with van der Waals surface area (Å²) in [5, 5.41) is 18.1. The Morgan fingerprint density at radius 3 is 2.11 bits per heavy atom. The molecular weight excluding hydrogens is 478 g/mol. The fourth-order valence-electron chi connectivity index (χ4n) is 5.44. The van der Waals surface area contributed by atoms with Gasteiger partial charge in [-0.05, 0) is 77.5 Å². The Kier molecular flexibility index (Phi) is 7.21. The number of nitrogens with zero attached hydrogens (tertiary/aromatic N) is 1. The Balaban J connectivity index is 1.84. The summed E-state index contributed by atoms with van der Waals surface area (Å²) in [7, 11) is 5.78. The van der Waals surface area contributed by atoms with E-state index in [9.17, 15) is 5.11 Å². The van der Waals surface area contributed by atoms with E-state index in [1.807, 2.05) is 68.7 Å². The Morgan fingerprint density at radius 2 is 1.43 bits per heavy atom. The van der Waals surface area contributed by atoms with Crippen molar-refractivity contribution in [3.63, 3.8) is 0 Å². The lowest BCUT2D eigenvalue weighted by Crippen LogP contribution is -2.38. The highest BCUT2D eigenvalue weighted by Crippen LogP contribution is 2.49. The van der Waals surface area contributed by atoms with E-state index in [1.54, 1.807) is 7.11 Å². The smallest absolute Gasteiger partial charge is 0.123 e. The van der Waals surface area contributed by atoms with Gasteiger partial charge in [-0.2, -0.15) is 0 Å². The number of benzene rings is 5. The Morgan fingerprint density at radius 1 is 0.811 bits per heavy atom. The van der Waals surface area contributed by atoms with Crippen molar-refractivity contribution in [3.8, 4) is 5.75 Å². The fraction of sp³-hybridized carbons (Fsp3) is 0.212. The zero-order valence-electron chi connectivity index (χ0n) is 21.5. The minimum Gasteiger partial charge on any atom is -0.496 e. The van der Waals surface area contributed by atoms with E-state index in [1.165, 1.54) is 0 Å². The molecule has 0 aliphatic heterocycles. The molecule has 0 spiro atoms. The zero-order chi connectivity index (χ0) is 26.0. The number of hydrogen-bond acceptors (Lipinski definition) is 3. The quantitative estimate of drug-likeness (QED) is 0.233. The maximum atomic E-state index is 13.0. The molecule has 0 saturated heterocycles. The van der Waals surface area contributed by atoms with Crippen LogP contribution in [-0.2, 0) is 5.60 Å². The van der Waals surface area contributed by atoms with Crippen LogP contribution in [-0.4, -0.2) is 37.8 Å². The molecule has 0 aromatic heterocycles. The molecule has 1 N–H and O–H groups in total. The monoisotopic (exact) mass is 509 g/mol. The first-order valence-electron chi connectivity index (χ1n) is 12.6. The van der Waals surface area contributed by atoms with Gasteiger partial charge in [-0.3, -0.25) is 0 Å². The molecular formula is C33H32ClNO2. The Labute approximate surface area is 223 Å². The average Bonchev–Trinajstić information content (AvgIpc) is 2.92. The average molecular weight is 510 g/mol. The standard InChI is InChI=1S/C33H32ClNO2/c1-35(2)20-19-33(36,30-14-8-12-23-9-6-7-13-28(23)30)32(24-15-17-27(34)18-16-24)29-21-25-10-4-5-11-26(25)22-31(29)37-3/h4-18,21-22,32,36H,19-20H2,1-3H3/t32-,33-/m1/s1. The number of ether oxygens (including phenoxy) is 1. The SMILES string of the molecule is COc1cc2ccccc2cc1[C@@H](c1ccc(Cl)cc1)[C@@](O)(CCN(C)C)c1cccc2ccccc12. The predicted molar refractivity (Wildman–Crippen MR) is 155 cm³/mol. The summed E-state index contributed by atoms with van der Waals surface area (Å²) in [6, 6.07) is 34.8. The normalized spacial score (nSPS) is 14.1. The minimum absolute atomic E-state index is 0.407. The van der Waals surface area contributed by atoms with Crippen molar-refractivity contribution in [3.05, 3.63) is 125 Å². The van der Waals surface area contributed by atoms with Crippen LogP contribution in [0.1, 0.15) is 29.0 Å². The van der Waals surface area contributed by atoms with Crippen molar-refractivity contribution < 1.29 is 9.84 Å². The van der Waals surface area contributed by atoms with Crippen LogP contribution in [0, 0.1) is 0 Å². The number of rotatable bonds is 8. The summed E-state index contributed by atoms with van der Waals surface area (Å²) >= 11 is 6.32. The van der Waals surface area contributed by atoms with Gasteiger partial charge in [0.1, 0.15) is 11.4 Å². The molecule has 5 aromatic carbocycles. The third-order valence-corrected chi connectivity index (χ3v) is 7.54. The van der Waals surface area contributed by atoms with E-state index in [-0.39, 0.29) is 0 Å². The van der Waals surface area contributed by atoms with E-state index in [4.69, 9.17) is 16.3 Å². The van der Waals surface area contributed by atoms with E-state index in [0.717, 1.165) is 44.0 Å². The molecule has 0 unspecified atom stereocenters. The van der Waals surface area contributed by atoms with Crippen LogP contribution in [0.2, 0.25) is 5.02 Å². The lowest BCUT2D eigenvalue weighted by molar-refractivity contribution is 0.00534. The number of halogens is 1. The number of aliphatic hydroxyl groups is 1. The Hall–Kier alpha value is -3.37. The summed E-state index contributed by atoms with van der Waals surface area (Å²) in [5.74, 6) is 0.345. The fourth-order valence-corrected chi connectivity index (χ4v) is 5.56. The van der Waals surface area contributed by atoms with Crippen molar-refractivity contribution in [2.24, 2.45) is 0 Å². The molecule has 37 heavy (non-hydrogen) atoms. The second-order valence-corrected chi connectivity index (χ2v) is 10.4. The summed E-state index contributed by atoms with van der Waals surface area (Å²) in [6.45, 7) is 0.708. The number of fused-ring (bicyclic) bond motifs is 2. The van der Waals surface area contributed by atoms with Gasteiger partial charge in [0.25, 0.3) is 0 Å². The molecule has 0 heterocycles. The van der Waals surface area contributed by atoms with Gasteiger partial charge >= 0.3 is 0 Å². The molecule has 0 radical (unpaired) electrons. The largest absolute Gasteiger partial charge is 0.496 e. The van der Waals surface area contributed by atoms with Gasteiger partial charge in [0.15, 0.2) is 0 Å². The summed E-state index contributed by atoms with van der Waals surface area (Å²) < 4.78 is 5.98. The first kappa shape index (κ1) is 25.3. The molecule has 0 amide bonds. The van der Waals surface area contributed by atoms with Gasteiger partial charge in [0, 0.05) is 23.0 Å². The molecule has 188 valence electrons. The molecule has 3 nitrogen and oxygen atoms in total. The highest BCUT2D eigenvalue weighted by molar-refractivity contribution is 6.30. The molecule has 0 aliphatic carbocycles. The molecule has 4 heteroatoms. The summed E-state index contributed by atoms with van der Waals surface area (Å²) in [6.07, 6.45) is 0.525. The maximum absolute atomic E-state index is 13.0. The van der Waals surface area contributed by atoms with E-state index < -0.39 is 11.5 Å². The van der Waals surface area contributed by atoms with Gasteiger partial charge in [-0.1, -0.05) is 90.5 Å². The number of methoxy groups -OCH3 is 1. The van der Waals surface area contributed by atoms with E-state index >= 15 is 0 Å². The highest BCUT2D eigenvalue weighted by Gasteiger charge is 2.42. The van der Waals surface area contributed by atoms with Crippen LogP contribution in [0.5, 0.6) is 5.75 Å². The van der Waals surface area contributed by atoms with E-state index in [2.05, 4.69) is 53.4 Å². The second kappa shape index (κ2) is 10.5. The highest BCUT2D eigenvalue weighted by atomic mass is 35.5. The maximum Gasteiger partial charge on any atom is 0.123 e. The van der Waals surface area contributed by atoms with Crippen LogP contribution in [0.15, 0.2) is 103 Å². The van der Waals surface area contributed by atoms with Gasteiger partial charge < -0.3 is 14.7 Å². The van der Waals surface area contributed by atoms with Crippen molar-refractivity contribution in [2.45, 2.75) is 17.9 Å². The van der Waals surface area contributed by atoms with E-state index in [0.29, 0.717) is 18.0 Å². The van der Waals surface area contributed by atoms with Gasteiger partial charge in [0.2, 0.25) is 0 Å². The van der Waals surface area contributed by atoms with Gasteiger partial charge in [-0.25, -0.2) is 0 Å². The Bertz CT molecular complexity index is 1520. The van der Waals surface area contributed by atoms with Crippen LogP contribution >= 0.6 is 11.6 Å². The third kappa shape index (κ3) is 4.95. The molecule has 5 rings (SSSR count). The second-order valence-electron chi connectivity index (χ2n) is 9.93. The molecule has 2 atom stereocenters. The van der Waals surface area contributed by atoms with Crippen molar-refractivity contribution in [2.75, 3.05) is 27.7 Å². The molecule has 5 aromatic rings. The first-order chi connectivity index (χ1) is 17.9. The topological polar surface area (TPSA) is 32.7 Å². The van der Waals surface area contributed by atoms with Crippen molar-refractivity contribution in [1.82, 2.24) is 4.90 Å². The van der Waals surface area contributed by atoms with Crippen LogP contribution in [0.4, 0.5) is 0 Å². The van der Waals surface area contributed by atoms with Crippen LogP contribution < -0.4 is 4.74 Å². The van der Waals surface area contributed by atoms with Crippen molar-refractivity contribution >= 4 is 33.1 Å². The predicted octanol–water partition coefficient (Wildman–Crippen LogP) is 7.63. The molecule has 0 bridgehead atoms. The molecule has 0 saturated carbocycles. The lowest BCUT2D eigenvalue weighted by Gasteiger charge is -2.40. The van der Waals surface area contributed by atoms with Gasteiger partial charge in [-0.15, -0.1) is 0 Å². The molecule has 0 aliphatic rings. The summed E-state index contributed by atoms with van der Waals surface area (Å²) in [4.78, 5) is 2.12. The summed E-state index contributed by atoms with van der Waals surface area (Å²) in [5.41, 5.74) is 1.59. The van der Waals surface area contributed by atoms with Crippen molar-refractivity contribution in [1.29, 1.82) is 0 Å². The van der Waals surface area contributed by atoms with Crippen LogP contribution in [0.25, 0.3) is 21.5 Å².